The molecule has 0 aliphatic heterocycles. The molecule has 1 atom stereocenters. The van der Waals surface area contributed by atoms with E-state index in [9.17, 15) is 9.59 Å². The zero-order valence-electron chi connectivity index (χ0n) is 10.6. The molecule has 2 aromatic carbocycles. The summed E-state index contributed by atoms with van der Waals surface area (Å²) in [4.78, 5) is 23.0. The molecule has 3 heteroatoms. The first-order chi connectivity index (χ1) is 9.22. The summed E-state index contributed by atoms with van der Waals surface area (Å²) in [7, 11) is 0. The molecule has 2 rings (SSSR count). The number of carbonyl (C=O) groups is 2. The molecule has 96 valence electrons. The second-order valence-corrected chi connectivity index (χ2v) is 4.15. The molecule has 1 unspecified atom stereocenters. The van der Waals surface area contributed by atoms with Gasteiger partial charge in [-0.15, -0.1) is 0 Å². The summed E-state index contributed by atoms with van der Waals surface area (Å²) >= 11 is 0. The summed E-state index contributed by atoms with van der Waals surface area (Å²) in [5.74, 6) is 0.315. The fourth-order valence-electron chi connectivity index (χ4n) is 1.77. The third kappa shape index (κ3) is 3.07. The number of carbonyl (C=O) groups excluding carboxylic acids is 2. The van der Waals surface area contributed by atoms with Crippen LogP contribution >= 0.6 is 0 Å². The molecule has 19 heavy (non-hydrogen) atoms. The minimum atomic E-state index is -0.636. The van der Waals surface area contributed by atoms with Crippen LogP contribution in [0.3, 0.4) is 0 Å². The standard InChI is InChI=1S/C16H14O3/c1-12(16(18)13-7-3-2-4-8-13)19-15-10-6-5-9-14(15)11-17/h2-12H,1H3. The highest BCUT2D eigenvalue weighted by atomic mass is 16.5. The average molecular weight is 254 g/mol. The quantitative estimate of drug-likeness (QED) is 0.608. The summed E-state index contributed by atoms with van der Waals surface area (Å²) in [5, 5.41) is 0. The van der Waals surface area contributed by atoms with Crippen molar-refractivity contribution in [2.75, 3.05) is 0 Å². The van der Waals surface area contributed by atoms with Crippen molar-refractivity contribution in [3.05, 3.63) is 65.7 Å². The predicted octanol–water partition coefficient (Wildman–Crippen LogP) is 3.15. The van der Waals surface area contributed by atoms with Gasteiger partial charge in [0.05, 0.1) is 5.56 Å². The Kier molecular flexibility index (Phi) is 4.08. The summed E-state index contributed by atoms with van der Waals surface area (Å²) in [5.41, 5.74) is 1.04. The second kappa shape index (κ2) is 5.96. The van der Waals surface area contributed by atoms with E-state index < -0.39 is 6.10 Å². The van der Waals surface area contributed by atoms with Gasteiger partial charge in [0, 0.05) is 5.56 Å². The Morgan fingerprint density at radius 1 is 1.05 bits per heavy atom. The largest absolute Gasteiger partial charge is 0.482 e. The van der Waals surface area contributed by atoms with Crippen LogP contribution in [0.2, 0.25) is 0 Å². The monoisotopic (exact) mass is 254 g/mol. The molecule has 0 heterocycles. The molecule has 0 aromatic heterocycles. The van der Waals surface area contributed by atoms with Crippen molar-refractivity contribution in [2.24, 2.45) is 0 Å². The van der Waals surface area contributed by atoms with E-state index in [0.29, 0.717) is 16.9 Å². The van der Waals surface area contributed by atoms with Crippen LogP contribution in [0.1, 0.15) is 27.6 Å². The van der Waals surface area contributed by atoms with Crippen molar-refractivity contribution < 1.29 is 14.3 Å². The molecule has 2 aromatic rings. The Hall–Kier alpha value is -2.42. The van der Waals surface area contributed by atoms with Crippen LogP contribution in [-0.4, -0.2) is 18.2 Å². The molecule has 0 aliphatic carbocycles. The number of ether oxygens (including phenoxy) is 1. The number of hydrogen-bond donors (Lipinski definition) is 0. The molecule has 0 aliphatic rings. The topological polar surface area (TPSA) is 43.4 Å². The molecule has 0 bridgehead atoms. The highest BCUT2D eigenvalue weighted by Crippen LogP contribution is 2.18. The number of hydrogen-bond acceptors (Lipinski definition) is 3. The van der Waals surface area contributed by atoms with Gasteiger partial charge in [-0.1, -0.05) is 42.5 Å². The van der Waals surface area contributed by atoms with Crippen LogP contribution < -0.4 is 4.74 Å². The maximum absolute atomic E-state index is 12.1. The molecule has 0 saturated carbocycles. The summed E-state index contributed by atoms with van der Waals surface area (Å²) in [6.07, 6.45) is 0.0817. The number of rotatable bonds is 5. The fraction of sp³-hybridized carbons (Fsp3) is 0.125. The van der Waals surface area contributed by atoms with Crippen molar-refractivity contribution in [3.8, 4) is 5.75 Å². The van der Waals surface area contributed by atoms with Crippen molar-refractivity contribution >= 4 is 12.1 Å². The Bertz CT molecular complexity index is 576. The summed E-state index contributed by atoms with van der Waals surface area (Å²) in [6, 6.07) is 15.8. The first kappa shape index (κ1) is 13.0. The van der Waals surface area contributed by atoms with Crippen LogP contribution in [0.4, 0.5) is 0 Å². The van der Waals surface area contributed by atoms with Crippen molar-refractivity contribution in [3.63, 3.8) is 0 Å². The van der Waals surface area contributed by atoms with E-state index in [-0.39, 0.29) is 5.78 Å². The van der Waals surface area contributed by atoms with Gasteiger partial charge < -0.3 is 4.74 Å². The molecule has 0 radical (unpaired) electrons. The molecule has 0 N–H and O–H groups in total. The molecule has 0 spiro atoms. The first-order valence-corrected chi connectivity index (χ1v) is 6.02. The molecule has 0 fully saturated rings. The number of ketones is 1. The van der Waals surface area contributed by atoms with Crippen LogP contribution in [0.25, 0.3) is 0 Å². The zero-order chi connectivity index (χ0) is 13.7. The lowest BCUT2D eigenvalue weighted by molar-refractivity contribution is 0.0814. The van der Waals surface area contributed by atoms with Gasteiger partial charge >= 0.3 is 0 Å². The third-order valence-electron chi connectivity index (χ3n) is 2.78. The Morgan fingerprint density at radius 2 is 1.68 bits per heavy atom. The lowest BCUT2D eigenvalue weighted by Gasteiger charge is -2.14. The van der Waals surface area contributed by atoms with E-state index in [1.165, 1.54) is 0 Å². The lowest BCUT2D eigenvalue weighted by atomic mass is 10.1. The van der Waals surface area contributed by atoms with E-state index in [4.69, 9.17) is 4.74 Å². The predicted molar refractivity (Wildman–Crippen MR) is 72.7 cm³/mol. The van der Waals surface area contributed by atoms with E-state index in [1.54, 1.807) is 55.5 Å². The van der Waals surface area contributed by atoms with Crippen LogP contribution in [0.5, 0.6) is 5.75 Å². The number of aldehydes is 1. The van der Waals surface area contributed by atoms with Gasteiger partial charge in [0.1, 0.15) is 5.75 Å². The smallest absolute Gasteiger partial charge is 0.202 e. The van der Waals surface area contributed by atoms with Gasteiger partial charge in [-0.3, -0.25) is 9.59 Å². The number of para-hydroxylation sites is 1. The van der Waals surface area contributed by atoms with E-state index in [0.717, 1.165) is 6.29 Å². The van der Waals surface area contributed by atoms with E-state index in [1.807, 2.05) is 6.07 Å². The van der Waals surface area contributed by atoms with E-state index in [2.05, 4.69) is 0 Å². The van der Waals surface area contributed by atoms with Gasteiger partial charge in [-0.05, 0) is 19.1 Å². The SMILES string of the molecule is CC(Oc1ccccc1C=O)C(=O)c1ccccc1. The number of benzene rings is 2. The highest BCUT2D eigenvalue weighted by Gasteiger charge is 2.17. The van der Waals surface area contributed by atoms with Gasteiger partial charge in [0.2, 0.25) is 5.78 Å². The van der Waals surface area contributed by atoms with Gasteiger partial charge in [0.25, 0.3) is 0 Å². The lowest BCUT2D eigenvalue weighted by Crippen LogP contribution is -2.24. The number of Topliss-reactive ketones (excluding diaryl/α,β-unsaturated/α-hetero) is 1. The minimum absolute atomic E-state index is 0.110. The van der Waals surface area contributed by atoms with Gasteiger partial charge in [-0.2, -0.15) is 0 Å². The fourth-order valence-corrected chi connectivity index (χ4v) is 1.77. The van der Waals surface area contributed by atoms with Crippen LogP contribution in [0.15, 0.2) is 54.6 Å². The Morgan fingerprint density at radius 3 is 2.37 bits per heavy atom. The molecular weight excluding hydrogens is 240 g/mol. The van der Waals surface area contributed by atoms with Crippen molar-refractivity contribution in [1.82, 2.24) is 0 Å². The summed E-state index contributed by atoms with van der Waals surface area (Å²) < 4.78 is 5.57. The minimum Gasteiger partial charge on any atom is -0.482 e. The maximum atomic E-state index is 12.1. The normalized spacial score (nSPS) is 11.6. The first-order valence-electron chi connectivity index (χ1n) is 6.02. The van der Waals surface area contributed by atoms with Crippen molar-refractivity contribution in [2.45, 2.75) is 13.0 Å². The molecular formula is C16H14O3. The maximum Gasteiger partial charge on any atom is 0.202 e. The van der Waals surface area contributed by atoms with Crippen LogP contribution in [-0.2, 0) is 0 Å². The van der Waals surface area contributed by atoms with Gasteiger partial charge in [0.15, 0.2) is 12.4 Å². The second-order valence-electron chi connectivity index (χ2n) is 4.15. The van der Waals surface area contributed by atoms with Crippen LogP contribution in [0, 0.1) is 0 Å². The molecule has 3 nitrogen and oxygen atoms in total. The highest BCUT2D eigenvalue weighted by molar-refractivity contribution is 5.99. The van der Waals surface area contributed by atoms with E-state index >= 15 is 0 Å². The Labute approximate surface area is 111 Å². The zero-order valence-corrected chi connectivity index (χ0v) is 10.6. The molecule has 0 saturated heterocycles. The third-order valence-corrected chi connectivity index (χ3v) is 2.78. The van der Waals surface area contributed by atoms with Crippen molar-refractivity contribution in [1.29, 1.82) is 0 Å². The Balaban J connectivity index is 2.15. The van der Waals surface area contributed by atoms with Gasteiger partial charge in [-0.25, -0.2) is 0 Å². The average Bonchev–Trinajstić information content (AvgIpc) is 2.48. The molecule has 0 amide bonds. The summed E-state index contributed by atoms with van der Waals surface area (Å²) in [6.45, 7) is 1.68.